The number of carbonyl (C=O) groups excluding carboxylic acids is 2. The summed E-state index contributed by atoms with van der Waals surface area (Å²) in [6.07, 6.45) is 0.863. The van der Waals surface area contributed by atoms with Gasteiger partial charge in [-0.25, -0.2) is 0 Å². The lowest BCUT2D eigenvalue weighted by atomic mass is 10.0. The Balaban J connectivity index is 0.00000243. The van der Waals surface area contributed by atoms with E-state index in [2.05, 4.69) is 5.32 Å². The zero-order valence-corrected chi connectivity index (χ0v) is 15.8. The molecule has 0 bridgehead atoms. The summed E-state index contributed by atoms with van der Waals surface area (Å²) in [4.78, 5) is 26.8. The van der Waals surface area contributed by atoms with Gasteiger partial charge in [0.05, 0.1) is 6.04 Å². The SMILES string of the molecule is CC(C)[C@H](N)C(=O)Nc1cccc(C(=O)N2CCc3ccccc32)c1.Cl. The fourth-order valence-corrected chi connectivity index (χ4v) is 2.96. The van der Waals surface area contributed by atoms with Crippen LogP contribution in [0.1, 0.15) is 29.8 Å². The van der Waals surface area contributed by atoms with Crippen molar-refractivity contribution in [1.82, 2.24) is 0 Å². The van der Waals surface area contributed by atoms with Crippen LogP contribution in [-0.4, -0.2) is 24.4 Å². The zero-order valence-electron chi connectivity index (χ0n) is 14.9. The van der Waals surface area contributed by atoms with E-state index in [-0.39, 0.29) is 30.1 Å². The van der Waals surface area contributed by atoms with Crippen LogP contribution in [0, 0.1) is 5.92 Å². The van der Waals surface area contributed by atoms with Gasteiger partial charge < -0.3 is 16.0 Å². The molecule has 3 N–H and O–H groups in total. The summed E-state index contributed by atoms with van der Waals surface area (Å²) >= 11 is 0. The molecule has 3 rings (SSSR count). The molecule has 6 heteroatoms. The second-order valence-corrected chi connectivity index (χ2v) is 6.68. The van der Waals surface area contributed by atoms with Crippen molar-refractivity contribution < 1.29 is 9.59 Å². The third kappa shape index (κ3) is 4.06. The number of para-hydroxylation sites is 1. The van der Waals surface area contributed by atoms with E-state index in [9.17, 15) is 9.59 Å². The molecule has 0 aromatic heterocycles. The molecule has 0 spiro atoms. The molecule has 2 aromatic rings. The van der Waals surface area contributed by atoms with Gasteiger partial charge in [-0.05, 0) is 42.2 Å². The van der Waals surface area contributed by atoms with E-state index >= 15 is 0 Å². The third-order valence-corrected chi connectivity index (χ3v) is 4.53. The molecule has 1 aliphatic rings. The van der Waals surface area contributed by atoms with Gasteiger partial charge in [-0.3, -0.25) is 9.59 Å². The van der Waals surface area contributed by atoms with Crippen LogP contribution in [0.4, 0.5) is 11.4 Å². The van der Waals surface area contributed by atoms with Crippen molar-refractivity contribution in [2.24, 2.45) is 11.7 Å². The van der Waals surface area contributed by atoms with Crippen LogP contribution in [-0.2, 0) is 11.2 Å². The van der Waals surface area contributed by atoms with Gasteiger partial charge >= 0.3 is 0 Å². The first kappa shape index (κ1) is 19.9. The Morgan fingerprint density at radius 3 is 2.58 bits per heavy atom. The molecule has 2 amide bonds. The number of fused-ring (bicyclic) bond motifs is 1. The highest BCUT2D eigenvalue weighted by Crippen LogP contribution is 2.29. The molecule has 0 saturated heterocycles. The van der Waals surface area contributed by atoms with Gasteiger partial charge in [0.2, 0.25) is 5.91 Å². The van der Waals surface area contributed by atoms with E-state index in [0.29, 0.717) is 17.8 Å². The first-order valence-electron chi connectivity index (χ1n) is 8.53. The summed E-state index contributed by atoms with van der Waals surface area (Å²) in [7, 11) is 0. The van der Waals surface area contributed by atoms with Crippen molar-refractivity contribution in [3.63, 3.8) is 0 Å². The van der Waals surface area contributed by atoms with Gasteiger partial charge in [-0.15, -0.1) is 12.4 Å². The average Bonchev–Trinajstić information content (AvgIpc) is 3.04. The molecule has 5 nitrogen and oxygen atoms in total. The maximum atomic E-state index is 12.9. The van der Waals surface area contributed by atoms with Crippen molar-refractivity contribution in [1.29, 1.82) is 0 Å². The average molecular weight is 374 g/mol. The molecule has 1 heterocycles. The summed E-state index contributed by atoms with van der Waals surface area (Å²) in [5.41, 5.74) is 9.15. The highest BCUT2D eigenvalue weighted by molar-refractivity contribution is 6.08. The normalized spacial score (nSPS) is 13.8. The number of anilines is 2. The molecule has 1 atom stereocenters. The quantitative estimate of drug-likeness (QED) is 0.863. The van der Waals surface area contributed by atoms with Crippen molar-refractivity contribution in [3.05, 3.63) is 59.7 Å². The molecule has 26 heavy (non-hydrogen) atoms. The summed E-state index contributed by atoms with van der Waals surface area (Å²) in [5, 5.41) is 2.79. The van der Waals surface area contributed by atoms with E-state index in [1.807, 2.05) is 38.1 Å². The predicted molar refractivity (Wildman–Crippen MR) is 107 cm³/mol. The number of nitrogens with zero attached hydrogens (tertiary/aromatic N) is 1. The molecule has 0 fully saturated rings. The van der Waals surface area contributed by atoms with Crippen LogP contribution in [0.5, 0.6) is 0 Å². The minimum Gasteiger partial charge on any atom is -0.325 e. The smallest absolute Gasteiger partial charge is 0.258 e. The molecule has 0 radical (unpaired) electrons. The van der Waals surface area contributed by atoms with Gasteiger partial charge in [0.25, 0.3) is 5.91 Å². The number of carbonyl (C=O) groups is 2. The fourth-order valence-electron chi connectivity index (χ4n) is 2.96. The summed E-state index contributed by atoms with van der Waals surface area (Å²) in [6, 6.07) is 14.4. The van der Waals surface area contributed by atoms with Crippen LogP contribution in [0.25, 0.3) is 0 Å². The molecule has 0 aliphatic carbocycles. The Labute approximate surface area is 160 Å². The Bertz CT molecular complexity index is 807. The maximum Gasteiger partial charge on any atom is 0.258 e. The molecule has 1 aliphatic heterocycles. The highest BCUT2D eigenvalue weighted by Gasteiger charge is 2.25. The van der Waals surface area contributed by atoms with Gasteiger partial charge in [0.1, 0.15) is 0 Å². The molecule has 138 valence electrons. The predicted octanol–water partition coefficient (Wildman–Crippen LogP) is 3.23. The second-order valence-electron chi connectivity index (χ2n) is 6.68. The van der Waals surface area contributed by atoms with Crippen molar-refractivity contribution in [2.45, 2.75) is 26.3 Å². The fraction of sp³-hybridized carbons (Fsp3) is 0.300. The number of amides is 2. The molecule has 2 aromatic carbocycles. The Hall–Kier alpha value is -2.37. The topological polar surface area (TPSA) is 75.4 Å². The maximum absolute atomic E-state index is 12.9. The van der Waals surface area contributed by atoms with Crippen molar-refractivity contribution >= 4 is 35.6 Å². The van der Waals surface area contributed by atoms with Crippen LogP contribution in [0.15, 0.2) is 48.5 Å². The molecular weight excluding hydrogens is 350 g/mol. The Morgan fingerprint density at radius 2 is 1.85 bits per heavy atom. The lowest BCUT2D eigenvalue weighted by Gasteiger charge is -2.18. The summed E-state index contributed by atoms with van der Waals surface area (Å²) < 4.78 is 0. The number of benzene rings is 2. The van der Waals surface area contributed by atoms with Crippen LogP contribution >= 0.6 is 12.4 Å². The second kappa shape index (κ2) is 8.34. The Morgan fingerprint density at radius 1 is 1.12 bits per heavy atom. The zero-order chi connectivity index (χ0) is 18.0. The van der Waals surface area contributed by atoms with E-state index in [1.165, 1.54) is 5.56 Å². The number of nitrogens with one attached hydrogen (secondary N) is 1. The van der Waals surface area contributed by atoms with Crippen molar-refractivity contribution in [2.75, 3.05) is 16.8 Å². The summed E-state index contributed by atoms with van der Waals surface area (Å²) in [5.74, 6) is -0.258. The van der Waals surface area contributed by atoms with Gasteiger partial charge in [-0.2, -0.15) is 0 Å². The standard InChI is InChI=1S/C20H23N3O2.ClH/c1-13(2)18(21)19(24)22-16-8-5-7-15(12-16)20(25)23-11-10-14-6-3-4-9-17(14)23;/h3-9,12-13,18H,10-11,21H2,1-2H3,(H,22,24);1H/t18-;/m0./s1. The van der Waals surface area contributed by atoms with Gasteiger partial charge in [0, 0.05) is 23.5 Å². The van der Waals surface area contributed by atoms with E-state index in [4.69, 9.17) is 5.73 Å². The van der Waals surface area contributed by atoms with E-state index in [1.54, 1.807) is 29.2 Å². The lowest BCUT2D eigenvalue weighted by Crippen LogP contribution is -2.39. The van der Waals surface area contributed by atoms with Gasteiger partial charge in [-0.1, -0.05) is 38.1 Å². The highest BCUT2D eigenvalue weighted by atomic mass is 35.5. The number of hydrogen-bond donors (Lipinski definition) is 2. The number of halogens is 1. The van der Waals surface area contributed by atoms with E-state index in [0.717, 1.165) is 12.1 Å². The van der Waals surface area contributed by atoms with Crippen LogP contribution in [0.2, 0.25) is 0 Å². The minimum absolute atomic E-state index is 0. The number of hydrogen-bond acceptors (Lipinski definition) is 3. The van der Waals surface area contributed by atoms with Crippen molar-refractivity contribution in [3.8, 4) is 0 Å². The molecule has 0 unspecified atom stereocenters. The molecular formula is C20H24ClN3O2. The largest absolute Gasteiger partial charge is 0.325 e. The minimum atomic E-state index is -0.579. The summed E-state index contributed by atoms with van der Waals surface area (Å²) in [6.45, 7) is 4.47. The van der Waals surface area contributed by atoms with Crippen LogP contribution in [0.3, 0.4) is 0 Å². The number of rotatable bonds is 4. The number of nitrogens with two attached hydrogens (primary N) is 1. The molecule has 0 saturated carbocycles. The Kier molecular flexibility index (Phi) is 6.40. The monoisotopic (exact) mass is 373 g/mol. The lowest BCUT2D eigenvalue weighted by molar-refractivity contribution is -0.118. The third-order valence-electron chi connectivity index (χ3n) is 4.53. The van der Waals surface area contributed by atoms with E-state index < -0.39 is 6.04 Å². The van der Waals surface area contributed by atoms with Gasteiger partial charge in [0.15, 0.2) is 0 Å². The van der Waals surface area contributed by atoms with Crippen LogP contribution < -0.4 is 16.0 Å². The first-order chi connectivity index (χ1) is 12.0. The first-order valence-corrected chi connectivity index (χ1v) is 8.53.